The number of hydrogen-bond acceptors (Lipinski definition) is 4. The maximum Gasteiger partial charge on any atom is 0.305 e. The Hall–Kier alpha value is -1.10. The number of nitrogens with zero attached hydrogens (tertiary/aromatic N) is 1. The molecule has 18 heavy (non-hydrogen) atoms. The molecule has 0 spiro atoms. The summed E-state index contributed by atoms with van der Waals surface area (Å²) >= 11 is 0. The third-order valence-corrected chi connectivity index (χ3v) is 3.63. The molecule has 1 saturated carbocycles. The lowest BCUT2D eigenvalue weighted by Crippen LogP contribution is -2.42. The molecule has 5 heteroatoms. The summed E-state index contributed by atoms with van der Waals surface area (Å²) in [5.74, 6) is -0.161. The highest BCUT2D eigenvalue weighted by Crippen LogP contribution is 2.30. The molecule has 1 aliphatic carbocycles. The molecule has 0 atom stereocenters. The zero-order valence-electron chi connectivity index (χ0n) is 11.4. The van der Waals surface area contributed by atoms with Crippen molar-refractivity contribution in [3.8, 4) is 0 Å². The summed E-state index contributed by atoms with van der Waals surface area (Å²) < 4.78 is 4.55. The fourth-order valence-corrected chi connectivity index (χ4v) is 2.38. The molecule has 1 fully saturated rings. The lowest BCUT2D eigenvalue weighted by atomic mass is 9.94. The normalized spacial score (nSPS) is 17.5. The third-order valence-electron chi connectivity index (χ3n) is 3.63. The van der Waals surface area contributed by atoms with E-state index >= 15 is 0 Å². The monoisotopic (exact) mass is 256 g/mol. The van der Waals surface area contributed by atoms with Crippen molar-refractivity contribution in [2.75, 3.05) is 20.7 Å². The average molecular weight is 256 g/mol. The quantitative estimate of drug-likeness (QED) is 0.721. The number of esters is 1. The Morgan fingerprint density at radius 2 is 1.94 bits per heavy atom. The van der Waals surface area contributed by atoms with Gasteiger partial charge >= 0.3 is 5.97 Å². The molecular weight excluding hydrogens is 232 g/mol. The van der Waals surface area contributed by atoms with E-state index in [9.17, 15) is 9.59 Å². The van der Waals surface area contributed by atoms with Crippen LogP contribution in [-0.4, -0.2) is 43.0 Å². The maximum atomic E-state index is 12.0. The molecule has 0 saturated heterocycles. The fraction of sp³-hybridized carbons (Fsp3) is 0.846. The first-order chi connectivity index (χ1) is 8.47. The molecule has 0 aromatic carbocycles. The van der Waals surface area contributed by atoms with Gasteiger partial charge in [-0.05, 0) is 19.3 Å². The van der Waals surface area contributed by atoms with Gasteiger partial charge in [0, 0.05) is 32.0 Å². The molecule has 104 valence electrons. The van der Waals surface area contributed by atoms with E-state index in [2.05, 4.69) is 4.74 Å². The summed E-state index contributed by atoms with van der Waals surface area (Å²) in [4.78, 5) is 24.6. The van der Waals surface area contributed by atoms with E-state index in [0.29, 0.717) is 25.8 Å². The Balaban J connectivity index is 2.26. The highest BCUT2D eigenvalue weighted by molar-refractivity contribution is 5.77. The van der Waals surface area contributed by atoms with Crippen molar-refractivity contribution in [2.24, 2.45) is 5.73 Å². The Kier molecular flexibility index (Phi) is 5.59. The van der Waals surface area contributed by atoms with Gasteiger partial charge < -0.3 is 15.4 Å². The second-order valence-corrected chi connectivity index (χ2v) is 5.24. The van der Waals surface area contributed by atoms with Crippen LogP contribution in [0.25, 0.3) is 0 Å². The predicted molar refractivity (Wildman–Crippen MR) is 68.9 cm³/mol. The Morgan fingerprint density at radius 1 is 1.33 bits per heavy atom. The number of amides is 1. The van der Waals surface area contributed by atoms with Crippen LogP contribution in [0.4, 0.5) is 0 Å². The van der Waals surface area contributed by atoms with Crippen molar-refractivity contribution in [3.63, 3.8) is 0 Å². The predicted octanol–water partition coefficient (Wildman–Crippen LogP) is 1.06. The smallest absolute Gasteiger partial charge is 0.305 e. The molecule has 2 N–H and O–H groups in total. The van der Waals surface area contributed by atoms with Crippen molar-refractivity contribution >= 4 is 11.9 Å². The molecule has 1 rings (SSSR count). The Labute approximate surface area is 109 Å². The molecular formula is C13H24N2O3. The first-order valence-corrected chi connectivity index (χ1v) is 6.56. The molecule has 0 bridgehead atoms. The lowest BCUT2D eigenvalue weighted by Gasteiger charge is -2.26. The Bertz CT molecular complexity index is 299. The zero-order valence-corrected chi connectivity index (χ0v) is 11.4. The van der Waals surface area contributed by atoms with E-state index in [4.69, 9.17) is 5.73 Å². The number of ether oxygens (including phenoxy) is 1. The number of carbonyl (C=O) groups is 2. The fourth-order valence-electron chi connectivity index (χ4n) is 2.38. The minimum Gasteiger partial charge on any atom is -0.469 e. The second-order valence-electron chi connectivity index (χ2n) is 5.24. The van der Waals surface area contributed by atoms with E-state index in [1.807, 2.05) is 0 Å². The van der Waals surface area contributed by atoms with Crippen molar-refractivity contribution < 1.29 is 14.3 Å². The van der Waals surface area contributed by atoms with E-state index in [-0.39, 0.29) is 17.4 Å². The molecule has 0 unspecified atom stereocenters. The maximum absolute atomic E-state index is 12.0. The zero-order chi connectivity index (χ0) is 13.6. The van der Waals surface area contributed by atoms with Crippen LogP contribution in [0.3, 0.4) is 0 Å². The van der Waals surface area contributed by atoms with E-state index < -0.39 is 0 Å². The van der Waals surface area contributed by atoms with Crippen LogP contribution in [0.2, 0.25) is 0 Å². The van der Waals surface area contributed by atoms with Gasteiger partial charge in [0.1, 0.15) is 0 Å². The van der Waals surface area contributed by atoms with Crippen LogP contribution in [0, 0.1) is 0 Å². The molecule has 0 aromatic heterocycles. The van der Waals surface area contributed by atoms with Crippen LogP contribution in [0.1, 0.15) is 44.9 Å². The van der Waals surface area contributed by atoms with E-state index in [0.717, 1.165) is 25.7 Å². The van der Waals surface area contributed by atoms with Gasteiger partial charge in [-0.25, -0.2) is 0 Å². The molecule has 0 radical (unpaired) electrons. The highest BCUT2D eigenvalue weighted by atomic mass is 16.5. The first kappa shape index (κ1) is 15.0. The van der Waals surface area contributed by atoms with E-state index in [1.54, 1.807) is 11.9 Å². The molecule has 0 aromatic rings. The van der Waals surface area contributed by atoms with Gasteiger partial charge in [0.05, 0.1) is 7.11 Å². The van der Waals surface area contributed by atoms with Gasteiger partial charge in [0.25, 0.3) is 0 Å². The molecule has 0 heterocycles. The van der Waals surface area contributed by atoms with Crippen molar-refractivity contribution in [3.05, 3.63) is 0 Å². The number of carbonyl (C=O) groups excluding carboxylic acids is 2. The van der Waals surface area contributed by atoms with Crippen LogP contribution in [-0.2, 0) is 14.3 Å². The molecule has 5 nitrogen and oxygen atoms in total. The summed E-state index contributed by atoms with van der Waals surface area (Å²) in [7, 11) is 3.13. The number of nitrogens with two attached hydrogens (primary N) is 1. The molecule has 1 aliphatic rings. The first-order valence-electron chi connectivity index (χ1n) is 6.56. The van der Waals surface area contributed by atoms with Gasteiger partial charge in [0.2, 0.25) is 5.91 Å². The van der Waals surface area contributed by atoms with Crippen LogP contribution in [0.5, 0.6) is 0 Å². The minimum absolute atomic E-state index is 0.0734. The lowest BCUT2D eigenvalue weighted by molar-refractivity contribution is -0.141. The second kappa shape index (κ2) is 6.73. The number of rotatable bonds is 6. The van der Waals surface area contributed by atoms with Crippen molar-refractivity contribution in [1.82, 2.24) is 4.90 Å². The number of methoxy groups -OCH3 is 1. The molecule has 0 aliphatic heterocycles. The standard InChI is InChI=1S/C13H24N2O3/c1-15(9-5-6-12(17)18-2)11(16)10-13(14)7-3-4-8-13/h3-10,14H2,1-2H3. The summed E-state index contributed by atoms with van der Waals surface area (Å²) in [6, 6.07) is 0. The van der Waals surface area contributed by atoms with Crippen molar-refractivity contribution in [1.29, 1.82) is 0 Å². The summed E-state index contributed by atoms with van der Waals surface area (Å²) in [6.45, 7) is 0.573. The highest BCUT2D eigenvalue weighted by Gasteiger charge is 2.32. The third kappa shape index (κ3) is 4.64. The minimum atomic E-state index is -0.298. The summed E-state index contributed by atoms with van der Waals surface area (Å²) in [6.07, 6.45) is 5.52. The topological polar surface area (TPSA) is 72.6 Å². The van der Waals surface area contributed by atoms with Gasteiger partial charge in [-0.15, -0.1) is 0 Å². The largest absolute Gasteiger partial charge is 0.469 e. The van der Waals surface area contributed by atoms with Gasteiger partial charge in [-0.1, -0.05) is 12.8 Å². The number of hydrogen-bond donors (Lipinski definition) is 1. The van der Waals surface area contributed by atoms with E-state index in [1.165, 1.54) is 7.11 Å². The SMILES string of the molecule is COC(=O)CCCN(C)C(=O)CC1(N)CCCC1. The van der Waals surface area contributed by atoms with Crippen molar-refractivity contribution in [2.45, 2.75) is 50.5 Å². The van der Waals surface area contributed by atoms with Crippen LogP contribution < -0.4 is 5.73 Å². The van der Waals surface area contributed by atoms with Gasteiger partial charge in [-0.2, -0.15) is 0 Å². The molecule has 1 amide bonds. The van der Waals surface area contributed by atoms with Crippen LogP contribution >= 0.6 is 0 Å². The van der Waals surface area contributed by atoms with Gasteiger partial charge in [-0.3, -0.25) is 9.59 Å². The summed E-state index contributed by atoms with van der Waals surface area (Å²) in [5, 5.41) is 0. The van der Waals surface area contributed by atoms with Gasteiger partial charge in [0.15, 0.2) is 0 Å². The van der Waals surface area contributed by atoms with Crippen LogP contribution in [0.15, 0.2) is 0 Å². The summed E-state index contributed by atoms with van der Waals surface area (Å²) in [5.41, 5.74) is 5.88. The average Bonchev–Trinajstić information content (AvgIpc) is 2.75. The Morgan fingerprint density at radius 3 is 2.50 bits per heavy atom.